The molecule has 13 heteroatoms. The van der Waals surface area contributed by atoms with Gasteiger partial charge in [0.15, 0.2) is 5.82 Å². The topological polar surface area (TPSA) is 116 Å². The second-order valence-electron chi connectivity index (χ2n) is 13.3. The molecule has 0 bridgehead atoms. The van der Waals surface area contributed by atoms with Crippen LogP contribution in [-0.4, -0.2) is 88.1 Å². The third-order valence-electron chi connectivity index (χ3n) is 10.5. The van der Waals surface area contributed by atoms with Gasteiger partial charge in [0.1, 0.15) is 41.4 Å². The van der Waals surface area contributed by atoms with Crippen molar-refractivity contribution in [3.05, 3.63) is 47.7 Å². The Morgan fingerprint density at radius 3 is 2.89 bits per heavy atom. The van der Waals surface area contributed by atoms with Gasteiger partial charge in [-0.1, -0.05) is 13.0 Å². The molecule has 10 nitrogen and oxygen atoms in total. The molecule has 2 aromatic carbocycles. The van der Waals surface area contributed by atoms with Crippen molar-refractivity contribution in [3.8, 4) is 23.0 Å². The van der Waals surface area contributed by atoms with Gasteiger partial charge in [0, 0.05) is 50.3 Å². The zero-order valence-corrected chi connectivity index (χ0v) is 26.0. The van der Waals surface area contributed by atoms with E-state index in [0.29, 0.717) is 66.6 Å². The minimum absolute atomic E-state index is 0.0343. The predicted octanol–water partition coefficient (Wildman–Crippen LogP) is 4.85. The molecule has 2 amide bonds. The van der Waals surface area contributed by atoms with Crippen LogP contribution < -0.4 is 20.3 Å². The molecule has 47 heavy (non-hydrogen) atoms. The van der Waals surface area contributed by atoms with E-state index >= 15 is 4.39 Å². The Morgan fingerprint density at radius 2 is 2.04 bits per heavy atom. The van der Waals surface area contributed by atoms with Crippen LogP contribution in [0.1, 0.15) is 38.2 Å². The van der Waals surface area contributed by atoms with Crippen LogP contribution in [0.4, 0.5) is 23.8 Å². The highest BCUT2D eigenvalue weighted by Crippen LogP contribution is 2.42. The van der Waals surface area contributed by atoms with Crippen molar-refractivity contribution >= 4 is 33.5 Å². The lowest BCUT2D eigenvalue weighted by molar-refractivity contribution is 0.107. The Morgan fingerprint density at radius 1 is 1.17 bits per heavy atom. The summed E-state index contributed by atoms with van der Waals surface area (Å²) < 4.78 is 52.6. The number of alkyl halides is 1. The lowest BCUT2D eigenvalue weighted by Crippen LogP contribution is -2.61. The van der Waals surface area contributed by atoms with E-state index < -0.39 is 23.3 Å². The number of carbonyl (C=O) groups is 1. The standard InChI is InChI=1S/C34H36F3N7O3/c1-2-22-25(36)5-4-18-10-21(45)11-23(27(18)22)29-28(37)30-24(14-38-29)31(43-9-6-19-13-39-32(46)40-26(19)16-43)42-33(41-30)47-17-34-7-3-8-44(34)15-20(35)12-34/h4-5,10-11,14,19-20,26,45H,2-3,6-9,12-13,15-17H2,1H3,(H2,39,40,46)/t19?,20-,26?,34+/m1/s1. The number of halogens is 3. The Hall–Kier alpha value is -4.39. The zero-order chi connectivity index (χ0) is 32.4. The molecule has 0 radical (unpaired) electrons. The van der Waals surface area contributed by atoms with E-state index in [-0.39, 0.29) is 53.1 Å². The molecule has 0 spiro atoms. The normalized spacial score (nSPS) is 25.9. The Bertz CT molecular complexity index is 1910. The fourth-order valence-electron chi connectivity index (χ4n) is 8.24. The number of hydrogen-bond acceptors (Lipinski definition) is 8. The smallest absolute Gasteiger partial charge is 0.319 e. The number of nitrogens with one attached hydrogen (secondary N) is 2. The van der Waals surface area contributed by atoms with Gasteiger partial charge in [-0.3, -0.25) is 9.88 Å². The minimum Gasteiger partial charge on any atom is -0.508 e. The summed E-state index contributed by atoms with van der Waals surface area (Å²) in [6.45, 7) is 4.78. The monoisotopic (exact) mass is 647 g/mol. The van der Waals surface area contributed by atoms with Crippen molar-refractivity contribution in [2.75, 3.05) is 44.2 Å². The van der Waals surface area contributed by atoms with Crippen molar-refractivity contribution in [1.82, 2.24) is 30.5 Å². The number of rotatable bonds is 6. The molecule has 0 saturated carbocycles. The maximum absolute atomic E-state index is 16.9. The number of hydrogen-bond donors (Lipinski definition) is 3. The van der Waals surface area contributed by atoms with Crippen LogP contribution in [0.25, 0.3) is 32.9 Å². The second-order valence-corrected chi connectivity index (χ2v) is 13.3. The number of carbonyl (C=O) groups excluding carboxylic acids is 1. The SMILES string of the molecule is CCc1c(F)ccc2cc(O)cc(-c3ncc4c(N5CCC6CNC(=O)NC6C5)nc(OC[C@@]56CCCN5C[C@H](F)C6)nc4c3F)c12. The number of nitrogens with zero attached hydrogens (tertiary/aromatic N) is 5. The van der Waals surface area contributed by atoms with Crippen molar-refractivity contribution < 1.29 is 27.8 Å². The molecule has 4 aliphatic heterocycles. The number of fused-ring (bicyclic) bond motifs is 4. The number of aromatic hydroxyl groups is 1. The molecule has 3 N–H and O–H groups in total. The average molecular weight is 648 g/mol. The molecule has 4 aliphatic rings. The summed E-state index contributed by atoms with van der Waals surface area (Å²) in [7, 11) is 0. The molecule has 4 saturated heterocycles. The molecule has 2 unspecified atom stereocenters. The fourth-order valence-corrected chi connectivity index (χ4v) is 8.24. The summed E-state index contributed by atoms with van der Waals surface area (Å²) >= 11 is 0. The van der Waals surface area contributed by atoms with Crippen LogP contribution >= 0.6 is 0 Å². The van der Waals surface area contributed by atoms with Crippen molar-refractivity contribution in [2.45, 2.75) is 56.8 Å². The number of aryl methyl sites for hydroxylation is 1. The van der Waals surface area contributed by atoms with E-state index in [2.05, 4.69) is 25.5 Å². The highest BCUT2D eigenvalue weighted by atomic mass is 19.1. The van der Waals surface area contributed by atoms with Gasteiger partial charge in [-0.05, 0) is 66.8 Å². The van der Waals surface area contributed by atoms with Gasteiger partial charge < -0.3 is 25.4 Å². The van der Waals surface area contributed by atoms with E-state index in [1.165, 1.54) is 24.4 Å². The number of ether oxygens (including phenoxy) is 1. The average Bonchev–Trinajstić information content (AvgIpc) is 3.59. The van der Waals surface area contributed by atoms with E-state index in [0.717, 1.165) is 25.8 Å². The van der Waals surface area contributed by atoms with Crippen molar-refractivity contribution in [2.24, 2.45) is 5.92 Å². The van der Waals surface area contributed by atoms with Gasteiger partial charge in [-0.2, -0.15) is 9.97 Å². The summed E-state index contributed by atoms with van der Waals surface area (Å²) in [6, 6.07) is 5.41. The number of urea groups is 1. The number of pyridine rings is 1. The summed E-state index contributed by atoms with van der Waals surface area (Å²) in [5.41, 5.74) is 0.0556. The molecule has 8 rings (SSSR count). The van der Waals surface area contributed by atoms with Crippen molar-refractivity contribution in [1.29, 1.82) is 0 Å². The van der Waals surface area contributed by atoms with Crippen LogP contribution in [0.15, 0.2) is 30.5 Å². The van der Waals surface area contributed by atoms with Crippen LogP contribution in [-0.2, 0) is 6.42 Å². The first-order chi connectivity index (χ1) is 22.7. The number of phenolic OH excluding ortho intramolecular Hbond substituents is 1. The third kappa shape index (κ3) is 5.06. The summed E-state index contributed by atoms with van der Waals surface area (Å²) in [4.78, 5) is 30.1. The number of phenols is 1. The first-order valence-corrected chi connectivity index (χ1v) is 16.3. The van der Waals surface area contributed by atoms with E-state index in [1.807, 2.05) is 11.8 Å². The maximum atomic E-state index is 16.9. The molecule has 0 aliphatic carbocycles. The zero-order valence-electron chi connectivity index (χ0n) is 26.0. The molecular formula is C34H36F3N7O3. The van der Waals surface area contributed by atoms with E-state index in [4.69, 9.17) is 9.72 Å². The van der Waals surface area contributed by atoms with Gasteiger partial charge in [0.2, 0.25) is 0 Å². The highest BCUT2D eigenvalue weighted by Gasteiger charge is 2.49. The summed E-state index contributed by atoms with van der Waals surface area (Å²) in [6.07, 6.45) is 3.78. The van der Waals surface area contributed by atoms with Gasteiger partial charge in [0.05, 0.1) is 17.0 Å². The molecule has 246 valence electrons. The lowest BCUT2D eigenvalue weighted by atomic mass is 9.90. The van der Waals surface area contributed by atoms with Crippen LogP contribution in [0.5, 0.6) is 11.8 Å². The largest absolute Gasteiger partial charge is 0.508 e. The third-order valence-corrected chi connectivity index (χ3v) is 10.5. The summed E-state index contributed by atoms with van der Waals surface area (Å²) in [5, 5.41) is 17.8. The fraction of sp³-hybridized carbons (Fsp3) is 0.471. The van der Waals surface area contributed by atoms with Gasteiger partial charge >= 0.3 is 12.0 Å². The Kier molecular flexibility index (Phi) is 7.27. The molecular weight excluding hydrogens is 611 g/mol. The molecule has 4 fully saturated rings. The van der Waals surface area contributed by atoms with E-state index in [9.17, 15) is 18.7 Å². The molecule has 2 aromatic heterocycles. The number of aromatic nitrogens is 3. The number of piperidine rings is 1. The highest BCUT2D eigenvalue weighted by molar-refractivity contribution is 6.01. The van der Waals surface area contributed by atoms with Crippen molar-refractivity contribution in [3.63, 3.8) is 0 Å². The Labute approximate surface area is 269 Å². The first-order valence-electron chi connectivity index (χ1n) is 16.3. The van der Waals surface area contributed by atoms with E-state index in [1.54, 1.807) is 6.07 Å². The van der Waals surface area contributed by atoms with Crippen LogP contribution in [0, 0.1) is 17.6 Å². The Balaban J connectivity index is 1.25. The van der Waals surface area contributed by atoms with Crippen LogP contribution in [0.3, 0.4) is 0 Å². The molecule has 4 atom stereocenters. The number of anilines is 1. The predicted molar refractivity (Wildman–Crippen MR) is 170 cm³/mol. The molecule has 4 aromatic rings. The van der Waals surface area contributed by atoms with Gasteiger partial charge in [0.25, 0.3) is 0 Å². The lowest BCUT2D eigenvalue weighted by Gasteiger charge is -2.42. The maximum Gasteiger partial charge on any atom is 0.319 e. The van der Waals surface area contributed by atoms with Gasteiger partial charge in [-0.15, -0.1) is 0 Å². The van der Waals surface area contributed by atoms with Gasteiger partial charge in [-0.25, -0.2) is 18.0 Å². The quantitative estimate of drug-likeness (QED) is 0.272. The molecule has 6 heterocycles. The van der Waals surface area contributed by atoms with Crippen LogP contribution in [0.2, 0.25) is 0 Å². The minimum atomic E-state index is -0.936. The first kappa shape index (κ1) is 30.0. The number of benzene rings is 2. The second kappa shape index (κ2) is 11.4. The number of amides is 2. The summed E-state index contributed by atoms with van der Waals surface area (Å²) in [5.74, 6) is -0.630.